The number of amides is 1. The summed E-state index contributed by atoms with van der Waals surface area (Å²) in [6.07, 6.45) is 2.14. The van der Waals surface area contributed by atoms with Crippen LogP contribution >= 0.6 is 0 Å². The lowest BCUT2D eigenvalue weighted by atomic mass is 10.1. The van der Waals surface area contributed by atoms with Crippen molar-refractivity contribution >= 4 is 11.6 Å². The zero-order chi connectivity index (χ0) is 17.3. The molecule has 1 aromatic heterocycles. The minimum atomic E-state index is -0.427. The number of nitro groups is 1. The number of fused-ring (bicyclic) bond motifs is 1. The van der Waals surface area contributed by atoms with Gasteiger partial charge in [-0.3, -0.25) is 19.6 Å². The van der Waals surface area contributed by atoms with Crippen molar-refractivity contribution in [3.05, 3.63) is 56.9 Å². The molecule has 1 aliphatic rings. The number of nitrogens with zero attached hydrogens (tertiary/aromatic N) is 3. The number of benzene rings is 1. The van der Waals surface area contributed by atoms with Gasteiger partial charge in [-0.25, -0.2) is 0 Å². The molecule has 1 aliphatic carbocycles. The number of carbonyl (C=O) groups excluding carboxylic acids is 1. The van der Waals surface area contributed by atoms with Gasteiger partial charge >= 0.3 is 5.69 Å². The maximum Gasteiger partial charge on any atom is 0.312 e. The second-order valence-corrected chi connectivity index (χ2v) is 6.11. The van der Waals surface area contributed by atoms with Gasteiger partial charge in [-0.1, -0.05) is 24.3 Å². The largest absolute Gasteiger partial charge is 0.349 e. The first-order valence-electron chi connectivity index (χ1n) is 8.03. The summed E-state index contributed by atoms with van der Waals surface area (Å²) in [7, 11) is 0. The van der Waals surface area contributed by atoms with E-state index in [9.17, 15) is 14.9 Å². The van der Waals surface area contributed by atoms with Crippen LogP contribution in [0.3, 0.4) is 0 Å². The van der Waals surface area contributed by atoms with E-state index in [1.54, 1.807) is 13.8 Å². The predicted molar refractivity (Wildman–Crippen MR) is 88.6 cm³/mol. The van der Waals surface area contributed by atoms with Crippen LogP contribution in [0, 0.1) is 24.0 Å². The number of rotatable bonds is 5. The maximum absolute atomic E-state index is 12.2. The molecule has 7 heteroatoms. The fraction of sp³-hybridized carbons (Fsp3) is 0.412. The normalized spacial score (nSPS) is 16.0. The summed E-state index contributed by atoms with van der Waals surface area (Å²) in [6, 6.07) is 8.20. The van der Waals surface area contributed by atoms with E-state index >= 15 is 0 Å². The Morgan fingerprint density at radius 2 is 2.17 bits per heavy atom. The van der Waals surface area contributed by atoms with Crippen molar-refractivity contribution in [2.45, 2.75) is 45.7 Å². The summed E-state index contributed by atoms with van der Waals surface area (Å²) < 4.78 is 1.54. The predicted octanol–water partition coefficient (Wildman–Crippen LogP) is 2.60. The fourth-order valence-electron chi connectivity index (χ4n) is 3.35. The molecule has 1 N–H and O–H groups in total. The Bertz CT molecular complexity index is 797. The number of nitrogens with one attached hydrogen (secondary N) is 1. The van der Waals surface area contributed by atoms with Crippen LogP contribution in [-0.2, 0) is 17.8 Å². The number of hydrogen-bond donors (Lipinski definition) is 1. The van der Waals surface area contributed by atoms with Crippen molar-refractivity contribution in [1.29, 1.82) is 0 Å². The minimum absolute atomic E-state index is 0.0279. The Morgan fingerprint density at radius 3 is 2.88 bits per heavy atom. The van der Waals surface area contributed by atoms with Crippen molar-refractivity contribution in [2.75, 3.05) is 0 Å². The highest BCUT2D eigenvalue weighted by molar-refractivity contribution is 5.76. The van der Waals surface area contributed by atoms with Gasteiger partial charge in [0.05, 0.1) is 17.5 Å². The molecule has 0 aliphatic heterocycles. The Morgan fingerprint density at radius 1 is 1.42 bits per heavy atom. The third-order valence-corrected chi connectivity index (χ3v) is 4.54. The first-order valence-corrected chi connectivity index (χ1v) is 8.03. The van der Waals surface area contributed by atoms with Gasteiger partial charge in [-0.2, -0.15) is 5.10 Å². The van der Waals surface area contributed by atoms with Gasteiger partial charge in [0.2, 0.25) is 5.91 Å². The molecular formula is C17H20N4O3. The molecule has 0 saturated carbocycles. The highest BCUT2D eigenvalue weighted by atomic mass is 16.6. The molecule has 1 heterocycles. The van der Waals surface area contributed by atoms with Crippen molar-refractivity contribution in [1.82, 2.24) is 15.1 Å². The quantitative estimate of drug-likeness (QED) is 0.675. The lowest BCUT2D eigenvalue weighted by Gasteiger charge is -2.14. The Labute approximate surface area is 139 Å². The zero-order valence-corrected chi connectivity index (χ0v) is 13.8. The number of aromatic nitrogens is 2. The molecule has 0 unspecified atom stereocenters. The van der Waals surface area contributed by atoms with E-state index in [2.05, 4.69) is 22.5 Å². The molecule has 3 rings (SSSR count). The third-order valence-electron chi connectivity index (χ3n) is 4.54. The van der Waals surface area contributed by atoms with Gasteiger partial charge in [0.1, 0.15) is 11.4 Å². The van der Waals surface area contributed by atoms with Crippen molar-refractivity contribution in [3.63, 3.8) is 0 Å². The molecule has 24 heavy (non-hydrogen) atoms. The van der Waals surface area contributed by atoms with Crippen LogP contribution in [0.5, 0.6) is 0 Å². The fourth-order valence-corrected chi connectivity index (χ4v) is 3.35. The summed E-state index contributed by atoms with van der Waals surface area (Å²) >= 11 is 0. The molecule has 0 saturated heterocycles. The summed E-state index contributed by atoms with van der Waals surface area (Å²) in [5.74, 6) is -0.0630. The summed E-state index contributed by atoms with van der Waals surface area (Å²) in [5, 5.41) is 18.2. The van der Waals surface area contributed by atoms with Gasteiger partial charge in [-0.05, 0) is 37.8 Å². The molecule has 0 spiro atoms. The minimum Gasteiger partial charge on any atom is -0.349 e. The van der Waals surface area contributed by atoms with Gasteiger partial charge in [0, 0.05) is 6.42 Å². The van der Waals surface area contributed by atoms with Crippen LogP contribution in [0.25, 0.3) is 0 Å². The van der Waals surface area contributed by atoms with Gasteiger partial charge in [-0.15, -0.1) is 0 Å². The summed E-state index contributed by atoms with van der Waals surface area (Å²) in [6.45, 7) is 3.60. The maximum atomic E-state index is 12.2. The SMILES string of the molecule is Cc1nn(CCC(=O)N[C@H]2CCc3ccccc32)c(C)c1[N+](=O)[O-]. The smallest absolute Gasteiger partial charge is 0.312 e. The molecule has 1 amide bonds. The zero-order valence-electron chi connectivity index (χ0n) is 13.8. The molecule has 0 fully saturated rings. The van der Waals surface area contributed by atoms with Crippen LogP contribution in [0.4, 0.5) is 5.69 Å². The highest BCUT2D eigenvalue weighted by Crippen LogP contribution is 2.30. The second-order valence-electron chi connectivity index (χ2n) is 6.11. The monoisotopic (exact) mass is 328 g/mol. The van der Waals surface area contributed by atoms with E-state index in [0.29, 0.717) is 17.9 Å². The molecule has 2 aromatic rings. The third kappa shape index (κ3) is 3.02. The molecule has 1 atom stereocenters. The Hall–Kier alpha value is -2.70. The lowest BCUT2D eigenvalue weighted by molar-refractivity contribution is -0.386. The Balaban J connectivity index is 1.61. The van der Waals surface area contributed by atoms with Crippen molar-refractivity contribution in [3.8, 4) is 0 Å². The van der Waals surface area contributed by atoms with Gasteiger partial charge in [0.15, 0.2) is 0 Å². The average Bonchev–Trinajstić information content (AvgIpc) is 3.06. The molecular weight excluding hydrogens is 308 g/mol. The van der Waals surface area contributed by atoms with E-state index < -0.39 is 4.92 Å². The molecule has 0 radical (unpaired) electrons. The molecule has 126 valence electrons. The van der Waals surface area contributed by atoms with E-state index in [1.807, 2.05) is 12.1 Å². The van der Waals surface area contributed by atoms with Crippen LogP contribution in [0.2, 0.25) is 0 Å². The highest BCUT2D eigenvalue weighted by Gasteiger charge is 2.24. The lowest BCUT2D eigenvalue weighted by Crippen LogP contribution is -2.28. The molecule has 0 bridgehead atoms. The molecule has 7 nitrogen and oxygen atoms in total. The summed E-state index contributed by atoms with van der Waals surface area (Å²) in [4.78, 5) is 22.8. The second kappa shape index (κ2) is 6.43. The van der Waals surface area contributed by atoms with Crippen molar-refractivity contribution < 1.29 is 9.72 Å². The van der Waals surface area contributed by atoms with Gasteiger partial charge in [0.25, 0.3) is 0 Å². The van der Waals surface area contributed by atoms with Crippen molar-refractivity contribution in [2.24, 2.45) is 0 Å². The van der Waals surface area contributed by atoms with Crippen LogP contribution < -0.4 is 5.32 Å². The topological polar surface area (TPSA) is 90.1 Å². The average molecular weight is 328 g/mol. The summed E-state index contributed by atoms with van der Waals surface area (Å²) in [5.41, 5.74) is 3.36. The number of carbonyl (C=O) groups is 1. The molecule has 1 aromatic carbocycles. The first-order chi connectivity index (χ1) is 11.5. The Kier molecular flexibility index (Phi) is 4.33. The van der Waals surface area contributed by atoms with Crippen LogP contribution in [-0.4, -0.2) is 20.6 Å². The number of hydrogen-bond acceptors (Lipinski definition) is 4. The standard InChI is InChI=1S/C17H20N4O3/c1-11-17(21(23)24)12(2)20(19-11)10-9-16(22)18-15-8-7-13-5-3-4-6-14(13)15/h3-6,15H,7-10H2,1-2H3,(H,18,22)/t15-/m0/s1. The van der Waals surface area contributed by atoms with E-state index in [0.717, 1.165) is 12.8 Å². The van der Waals surface area contributed by atoms with Crippen LogP contribution in [0.15, 0.2) is 24.3 Å². The first kappa shape index (κ1) is 16.2. The van der Waals surface area contributed by atoms with E-state index in [1.165, 1.54) is 15.8 Å². The van der Waals surface area contributed by atoms with Gasteiger partial charge < -0.3 is 5.32 Å². The van der Waals surface area contributed by atoms with E-state index in [4.69, 9.17) is 0 Å². The van der Waals surface area contributed by atoms with E-state index in [-0.39, 0.29) is 24.1 Å². The van der Waals surface area contributed by atoms with Crippen LogP contribution in [0.1, 0.15) is 41.4 Å². The number of aryl methyl sites for hydroxylation is 3.